The third-order valence-electron chi connectivity index (χ3n) is 8.26. The lowest BCUT2D eigenvalue weighted by molar-refractivity contribution is -0.125. The monoisotopic (exact) mass is 582 g/mol. The number of hydrogen-bond acceptors (Lipinski definition) is 6. The van der Waals surface area contributed by atoms with Crippen molar-refractivity contribution in [1.29, 1.82) is 5.41 Å². The number of aryl methyl sites for hydroxylation is 1. The van der Waals surface area contributed by atoms with Crippen molar-refractivity contribution in [2.24, 2.45) is 0 Å². The number of nitrogens with one attached hydrogen (secondary N) is 2. The lowest BCUT2D eigenvalue weighted by Crippen LogP contribution is -2.51. The van der Waals surface area contributed by atoms with Crippen molar-refractivity contribution in [2.75, 3.05) is 29.9 Å². The van der Waals surface area contributed by atoms with E-state index >= 15 is 0 Å². The zero-order valence-electron chi connectivity index (χ0n) is 27.4. The normalized spacial score (nSPS) is 15.3. The predicted molar refractivity (Wildman–Crippen MR) is 183 cm³/mol. The minimum Gasteiger partial charge on any atom is -0.351 e. The van der Waals surface area contributed by atoms with Crippen molar-refractivity contribution in [3.05, 3.63) is 77.1 Å². The number of hydrogen-bond donors (Lipinski definition) is 2. The quantitative estimate of drug-likeness (QED) is 0.227. The highest BCUT2D eigenvalue weighted by Crippen LogP contribution is 2.33. The van der Waals surface area contributed by atoms with Gasteiger partial charge in [-0.1, -0.05) is 32.1 Å². The first-order chi connectivity index (χ1) is 20.7. The number of carbonyl (C=O) groups is 1. The largest absolute Gasteiger partial charge is 0.351 e. The molecule has 43 heavy (non-hydrogen) atoms. The Hall–Kier alpha value is -3.84. The van der Waals surface area contributed by atoms with Crippen LogP contribution in [-0.2, 0) is 17.8 Å². The van der Waals surface area contributed by atoms with Crippen LogP contribution in [0.15, 0.2) is 54.9 Å². The molecule has 3 heterocycles. The summed E-state index contributed by atoms with van der Waals surface area (Å²) in [4.78, 5) is 27.1. The third-order valence-corrected chi connectivity index (χ3v) is 8.26. The molecule has 0 spiro atoms. The maximum Gasteiger partial charge on any atom is 0.244 e. The average molecular weight is 583 g/mol. The smallest absolute Gasteiger partial charge is 0.244 e. The predicted octanol–water partition coefficient (Wildman–Crippen LogP) is 7.98. The molecule has 2 aliphatic rings. The van der Waals surface area contributed by atoms with Crippen LogP contribution in [-0.4, -0.2) is 52.2 Å². The van der Waals surface area contributed by atoms with E-state index in [1.54, 1.807) is 6.33 Å². The Balaban J connectivity index is 0.000000780. The fourth-order valence-corrected chi connectivity index (χ4v) is 5.55. The first kappa shape index (κ1) is 33.7. The van der Waals surface area contributed by atoms with Crippen LogP contribution in [0, 0.1) is 12.3 Å². The molecule has 0 atom stereocenters. The second kappa shape index (κ2) is 15.6. The van der Waals surface area contributed by atoms with E-state index in [4.69, 9.17) is 10.4 Å². The van der Waals surface area contributed by atoms with Crippen LogP contribution in [0.25, 0.3) is 16.5 Å². The second-order valence-corrected chi connectivity index (χ2v) is 11.4. The van der Waals surface area contributed by atoms with Crippen LogP contribution in [0.4, 0.5) is 11.5 Å². The molecule has 5 rings (SSSR count). The minimum absolute atomic E-state index is 0.0418. The summed E-state index contributed by atoms with van der Waals surface area (Å²) in [6.07, 6.45) is 12.0. The Bertz CT molecular complexity index is 1460. The van der Waals surface area contributed by atoms with E-state index in [2.05, 4.69) is 51.3 Å². The van der Waals surface area contributed by atoms with E-state index in [1.807, 2.05) is 72.8 Å². The lowest BCUT2D eigenvalue weighted by Gasteiger charge is -2.34. The molecule has 1 amide bonds. The molecular weight excluding hydrogens is 532 g/mol. The fraction of sp³-hybridized carbons (Fsp3) is 0.444. The van der Waals surface area contributed by atoms with Gasteiger partial charge in [0.25, 0.3) is 0 Å². The Morgan fingerprint density at radius 2 is 1.70 bits per heavy atom. The molecule has 2 aromatic carbocycles. The van der Waals surface area contributed by atoms with Gasteiger partial charge in [-0.05, 0) is 132 Å². The minimum atomic E-state index is -0.530. The average Bonchev–Trinajstić information content (AvgIpc) is 3.58. The molecule has 3 aromatic rings. The number of anilines is 2. The van der Waals surface area contributed by atoms with Crippen LogP contribution in [0.2, 0.25) is 0 Å². The van der Waals surface area contributed by atoms with Gasteiger partial charge in [0.15, 0.2) is 0 Å². The molecule has 1 aromatic heterocycles. The van der Waals surface area contributed by atoms with Gasteiger partial charge in [0, 0.05) is 30.4 Å². The molecule has 0 unspecified atom stereocenters. The SMILES string of the molecule is C/C(=C\C=N)c1cc(C)c2ncnc(N3CCc4ccc(NC(=O)C(C)(C)N5CCCC5)cc4C3)c2c1.C/C=C\C.CC. The van der Waals surface area contributed by atoms with Gasteiger partial charge in [-0.25, -0.2) is 9.97 Å². The number of rotatable bonds is 6. The number of likely N-dealkylation sites (tertiary alicyclic amines) is 1. The number of nitrogens with zero attached hydrogens (tertiary/aromatic N) is 4. The summed E-state index contributed by atoms with van der Waals surface area (Å²) in [5.74, 6) is 0.966. The van der Waals surface area contributed by atoms with Crippen molar-refractivity contribution < 1.29 is 4.79 Å². The van der Waals surface area contributed by atoms with Gasteiger partial charge >= 0.3 is 0 Å². The highest BCUT2D eigenvalue weighted by Gasteiger charge is 2.36. The maximum atomic E-state index is 13.2. The maximum absolute atomic E-state index is 13.2. The van der Waals surface area contributed by atoms with Crippen LogP contribution < -0.4 is 10.2 Å². The van der Waals surface area contributed by atoms with Crippen molar-refractivity contribution in [1.82, 2.24) is 14.9 Å². The highest BCUT2D eigenvalue weighted by atomic mass is 16.2. The zero-order chi connectivity index (χ0) is 31.6. The van der Waals surface area contributed by atoms with Gasteiger partial charge < -0.3 is 15.6 Å². The molecule has 230 valence electrons. The topological polar surface area (TPSA) is 85.2 Å². The number of aromatic nitrogens is 2. The lowest BCUT2D eigenvalue weighted by atomic mass is 9.97. The molecule has 7 nitrogen and oxygen atoms in total. The van der Waals surface area contributed by atoms with Gasteiger partial charge in [0.05, 0.1) is 11.1 Å². The van der Waals surface area contributed by atoms with Gasteiger partial charge in [-0.3, -0.25) is 9.69 Å². The Morgan fingerprint density at radius 3 is 2.35 bits per heavy atom. The molecule has 1 saturated heterocycles. The Kier molecular flexibility index (Phi) is 12.2. The number of amides is 1. The van der Waals surface area contributed by atoms with E-state index in [-0.39, 0.29) is 5.91 Å². The van der Waals surface area contributed by atoms with E-state index in [9.17, 15) is 4.79 Å². The summed E-state index contributed by atoms with van der Waals surface area (Å²) in [5, 5.41) is 11.7. The first-order valence-corrected chi connectivity index (χ1v) is 15.6. The summed E-state index contributed by atoms with van der Waals surface area (Å²) < 4.78 is 0. The molecule has 0 saturated carbocycles. The van der Waals surface area contributed by atoms with Crippen LogP contribution in [0.3, 0.4) is 0 Å². The second-order valence-electron chi connectivity index (χ2n) is 11.4. The summed E-state index contributed by atoms with van der Waals surface area (Å²) in [5.41, 5.74) is 7.00. The molecule has 0 aliphatic carbocycles. The Morgan fingerprint density at radius 1 is 1.00 bits per heavy atom. The van der Waals surface area contributed by atoms with Gasteiger partial charge in [0.1, 0.15) is 12.1 Å². The van der Waals surface area contributed by atoms with Gasteiger partial charge in [-0.2, -0.15) is 0 Å². The van der Waals surface area contributed by atoms with E-state index in [1.165, 1.54) is 17.3 Å². The van der Waals surface area contributed by atoms with Crippen LogP contribution in [0.5, 0.6) is 0 Å². The standard InChI is InChI=1S/C30H36N6O.C4H8.C2H6/c1-20(9-11-31)23-15-21(2)27-26(17-23)28(33-19-32-27)35-14-10-22-7-8-25(16-24(22)18-35)34-29(37)30(3,4)36-12-5-6-13-36;1-3-4-2;1-2/h7-9,11,15-17,19,31H,5-6,10,12-14,18H2,1-4H3,(H,34,37);3-4H,1-2H3;1-2H3/b20-9+,31-11?;4-3-;. The molecule has 0 radical (unpaired) electrons. The Labute approximate surface area is 258 Å². The van der Waals surface area contributed by atoms with Crippen molar-refractivity contribution in [3.8, 4) is 0 Å². The van der Waals surface area contributed by atoms with Gasteiger partial charge in [0.2, 0.25) is 5.91 Å². The van der Waals surface area contributed by atoms with E-state index in [0.29, 0.717) is 0 Å². The molecular formula is C36H50N6O. The van der Waals surface area contributed by atoms with Gasteiger partial charge in [-0.15, -0.1) is 0 Å². The van der Waals surface area contributed by atoms with Crippen molar-refractivity contribution in [3.63, 3.8) is 0 Å². The third kappa shape index (κ3) is 7.96. The zero-order valence-corrected chi connectivity index (χ0v) is 27.4. The number of allylic oxidation sites excluding steroid dienone is 4. The molecule has 2 aliphatic heterocycles. The van der Waals surface area contributed by atoms with E-state index < -0.39 is 5.54 Å². The number of carbonyl (C=O) groups excluding carboxylic acids is 1. The summed E-state index contributed by atoms with van der Waals surface area (Å²) >= 11 is 0. The first-order valence-electron chi connectivity index (χ1n) is 15.6. The molecule has 2 N–H and O–H groups in total. The molecule has 1 fully saturated rings. The van der Waals surface area contributed by atoms with Crippen LogP contribution in [0.1, 0.15) is 83.6 Å². The summed E-state index contributed by atoms with van der Waals surface area (Å²) in [6.45, 7) is 19.7. The van der Waals surface area contributed by atoms with Crippen molar-refractivity contribution >= 4 is 40.1 Å². The molecule has 7 heteroatoms. The fourth-order valence-electron chi connectivity index (χ4n) is 5.55. The van der Waals surface area contributed by atoms with Crippen molar-refractivity contribution in [2.45, 2.75) is 86.7 Å². The number of fused-ring (bicyclic) bond motifs is 2. The molecule has 0 bridgehead atoms. The van der Waals surface area contributed by atoms with Crippen LogP contribution >= 0.6 is 0 Å². The van der Waals surface area contributed by atoms with E-state index in [0.717, 1.165) is 84.5 Å². The summed E-state index contributed by atoms with van der Waals surface area (Å²) in [6, 6.07) is 10.6. The summed E-state index contributed by atoms with van der Waals surface area (Å²) in [7, 11) is 0. The number of benzene rings is 2. The highest BCUT2D eigenvalue weighted by molar-refractivity contribution is 5.98.